The third-order valence-electron chi connectivity index (χ3n) is 5.45. The van der Waals surface area contributed by atoms with Crippen LogP contribution in [0.4, 0.5) is 0 Å². The molecule has 6 heteroatoms. The number of nitrogens with one attached hydrogen (secondary N) is 1. The van der Waals surface area contributed by atoms with Crippen molar-refractivity contribution in [2.75, 3.05) is 5.75 Å². The Kier molecular flexibility index (Phi) is 6.35. The summed E-state index contributed by atoms with van der Waals surface area (Å²) in [6.07, 6.45) is 3.56. The summed E-state index contributed by atoms with van der Waals surface area (Å²) in [6.45, 7) is 7.39. The second-order valence-electron chi connectivity index (χ2n) is 7.15. The monoisotopic (exact) mass is 372 g/mol. The van der Waals surface area contributed by atoms with Gasteiger partial charge in [-0.05, 0) is 25.2 Å². The van der Waals surface area contributed by atoms with E-state index in [2.05, 4.69) is 40.9 Å². The number of nitrogens with zero attached hydrogens (tertiary/aromatic N) is 3. The smallest absolute Gasteiger partial charge is 0.230 e. The minimum Gasteiger partial charge on any atom is -0.352 e. The summed E-state index contributed by atoms with van der Waals surface area (Å²) in [4.78, 5) is 12.4. The minimum atomic E-state index is 0.0906. The van der Waals surface area contributed by atoms with Gasteiger partial charge in [-0.3, -0.25) is 4.79 Å². The lowest BCUT2D eigenvalue weighted by Crippen LogP contribution is -2.44. The Morgan fingerprint density at radius 1 is 1.23 bits per heavy atom. The average Bonchev–Trinajstić information content (AvgIpc) is 3.07. The summed E-state index contributed by atoms with van der Waals surface area (Å²) in [6, 6.07) is 10.3. The van der Waals surface area contributed by atoms with Crippen LogP contribution < -0.4 is 5.32 Å². The quantitative estimate of drug-likeness (QED) is 0.779. The van der Waals surface area contributed by atoms with Gasteiger partial charge in [0.2, 0.25) is 5.91 Å². The zero-order valence-electron chi connectivity index (χ0n) is 15.8. The molecule has 1 amide bonds. The van der Waals surface area contributed by atoms with Crippen molar-refractivity contribution in [1.29, 1.82) is 0 Å². The van der Waals surface area contributed by atoms with Gasteiger partial charge in [-0.2, -0.15) is 0 Å². The molecule has 140 valence electrons. The van der Waals surface area contributed by atoms with E-state index in [1.165, 1.54) is 24.6 Å². The second-order valence-corrected chi connectivity index (χ2v) is 8.09. The molecule has 1 aromatic carbocycles. The first-order valence-corrected chi connectivity index (χ1v) is 10.5. The van der Waals surface area contributed by atoms with Crippen molar-refractivity contribution in [3.8, 4) is 11.4 Å². The molecular formula is C20H28N4OS. The summed E-state index contributed by atoms with van der Waals surface area (Å²) in [5.74, 6) is 2.54. The molecule has 0 spiro atoms. The molecule has 3 atom stereocenters. The number of hydrogen-bond donors (Lipinski definition) is 1. The molecule has 1 aromatic heterocycles. The van der Waals surface area contributed by atoms with Crippen LogP contribution in [0.2, 0.25) is 0 Å². The fourth-order valence-electron chi connectivity index (χ4n) is 3.65. The molecule has 1 heterocycles. The molecule has 5 nitrogen and oxygen atoms in total. The molecule has 0 bridgehead atoms. The van der Waals surface area contributed by atoms with Gasteiger partial charge in [-0.15, -0.1) is 10.2 Å². The summed E-state index contributed by atoms with van der Waals surface area (Å²) in [5, 5.41) is 12.7. The maximum atomic E-state index is 12.4. The van der Waals surface area contributed by atoms with Gasteiger partial charge < -0.3 is 9.88 Å². The van der Waals surface area contributed by atoms with Crippen LogP contribution in [0.3, 0.4) is 0 Å². The fraction of sp³-hybridized carbons (Fsp3) is 0.550. The van der Waals surface area contributed by atoms with E-state index in [9.17, 15) is 4.79 Å². The normalized spacial score (nSPS) is 23.0. The topological polar surface area (TPSA) is 59.8 Å². The van der Waals surface area contributed by atoms with Crippen LogP contribution in [0.5, 0.6) is 0 Å². The molecule has 2 aromatic rings. The van der Waals surface area contributed by atoms with Crippen LogP contribution >= 0.6 is 11.8 Å². The molecule has 0 saturated heterocycles. The molecule has 0 aliphatic heterocycles. The Labute approximate surface area is 160 Å². The zero-order chi connectivity index (χ0) is 18.5. The Morgan fingerprint density at radius 2 is 2.00 bits per heavy atom. The number of rotatable bonds is 6. The Hall–Kier alpha value is -1.82. The van der Waals surface area contributed by atoms with Crippen molar-refractivity contribution in [3.63, 3.8) is 0 Å². The lowest BCUT2D eigenvalue weighted by atomic mass is 9.78. The highest BCUT2D eigenvalue weighted by Crippen LogP contribution is 2.30. The molecule has 26 heavy (non-hydrogen) atoms. The Morgan fingerprint density at radius 3 is 2.73 bits per heavy atom. The van der Waals surface area contributed by atoms with Crippen LogP contribution in [-0.4, -0.2) is 32.5 Å². The van der Waals surface area contributed by atoms with Crippen LogP contribution in [0, 0.1) is 11.8 Å². The van der Waals surface area contributed by atoms with Gasteiger partial charge in [0.15, 0.2) is 11.0 Å². The van der Waals surface area contributed by atoms with Gasteiger partial charge >= 0.3 is 0 Å². The third-order valence-corrected chi connectivity index (χ3v) is 6.42. The highest BCUT2D eigenvalue weighted by molar-refractivity contribution is 7.99. The van der Waals surface area contributed by atoms with E-state index in [0.717, 1.165) is 29.5 Å². The van der Waals surface area contributed by atoms with Crippen molar-refractivity contribution in [2.45, 2.75) is 57.8 Å². The SMILES string of the molecule is CCn1c(SCC(=O)N[C@@H]2CCC[C@H](C)[C@H]2C)nnc1-c1ccccc1. The van der Waals surface area contributed by atoms with Crippen LogP contribution in [0.15, 0.2) is 35.5 Å². The standard InChI is InChI=1S/C20H28N4OS/c1-4-24-19(16-10-6-5-7-11-16)22-23-20(24)26-13-18(25)21-17-12-8-9-14(2)15(17)3/h5-7,10-11,14-15,17H,4,8-9,12-13H2,1-3H3,(H,21,25)/t14-,15+,17+/m0/s1. The molecule has 0 unspecified atom stereocenters. The van der Waals surface area contributed by atoms with Crippen molar-refractivity contribution in [3.05, 3.63) is 30.3 Å². The number of benzene rings is 1. The first-order chi connectivity index (χ1) is 12.6. The van der Waals surface area contributed by atoms with Gasteiger partial charge in [0, 0.05) is 18.2 Å². The molecular weight excluding hydrogens is 344 g/mol. The molecule has 1 aliphatic carbocycles. The molecule has 3 rings (SSSR count). The van der Waals surface area contributed by atoms with Crippen molar-refractivity contribution in [2.24, 2.45) is 11.8 Å². The summed E-state index contributed by atoms with van der Waals surface area (Å²) >= 11 is 1.46. The van der Waals surface area contributed by atoms with Gasteiger partial charge in [0.1, 0.15) is 0 Å². The van der Waals surface area contributed by atoms with E-state index in [1.807, 2.05) is 30.3 Å². The molecule has 1 aliphatic rings. The summed E-state index contributed by atoms with van der Waals surface area (Å²) < 4.78 is 2.07. The van der Waals surface area contributed by atoms with E-state index in [-0.39, 0.29) is 5.91 Å². The predicted octanol–water partition coefficient (Wildman–Crippen LogP) is 4.00. The van der Waals surface area contributed by atoms with Gasteiger partial charge in [0.25, 0.3) is 0 Å². The molecule has 1 N–H and O–H groups in total. The van der Waals surface area contributed by atoms with E-state index < -0.39 is 0 Å². The van der Waals surface area contributed by atoms with Crippen LogP contribution in [0.25, 0.3) is 11.4 Å². The first kappa shape index (κ1) is 19.0. The van der Waals surface area contributed by atoms with E-state index in [0.29, 0.717) is 23.6 Å². The van der Waals surface area contributed by atoms with Gasteiger partial charge in [-0.1, -0.05) is 68.8 Å². The number of carbonyl (C=O) groups excluding carboxylic acids is 1. The average molecular weight is 373 g/mol. The zero-order valence-corrected chi connectivity index (χ0v) is 16.6. The highest BCUT2D eigenvalue weighted by atomic mass is 32.2. The minimum absolute atomic E-state index is 0.0906. The maximum absolute atomic E-state index is 12.4. The van der Waals surface area contributed by atoms with Crippen molar-refractivity contribution < 1.29 is 4.79 Å². The number of hydrogen-bond acceptors (Lipinski definition) is 4. The maximum Gasteiger partial charge on any atom is 0.230 e. The second kappa shape index (κ2) is 8.71. The van der Waals surface area contributed by atoms with Crippen LogP contribution in [0.1, 0.15) is 40.0 Å². The Bertz CT molecular complexity index is 731. The Balaban J connectivity index is 1.61. The lowest BCUT2D eigenvalue weighted by Gasteiger charge is -2.34. The third kappa shape index (κ3) is 4.29. The number of carbonyl (C=O) groups is 1. The number of amides is 1. The fourth-order valence-corrected chi connectivity index (χ4v) is 4.46. The lowest BCUT2D eigenvalue weighted by molar-refractivity contribution is -0.120. The van der Waals surface area contributed by atoms with Crippen LogP contribution in [-0.2, 0) is 11.3 Å². The van der Waals surface area contributed by atoms with Gasteiger partial charge in [0.05, 0.1) is 5.75 Å². The largest absolute Gasteiger partial charge is 0.352 e. The van der Waals surface area contributed by atoms with Crippen molar-refractivity contribution >= 4 is 17.7 Å². The summed E-state index contributed by atoms with van der Waals surface area (Å²) in [5.41, 5.74) is 1.04. The highest BCUT2D eigenvalue weighted by Gasteiger charge is 2.28. The number of thioether (sulfide) groups is 1. The van der Waals surface area contributed by atoms with E-state index in [1.54, 1.807) is 0 Å². The van der Waals surface area contributed by atoms with E-state index in [4.69, 9.17) is 0 Å². The predicted molar refractivity (Wildman–Crippen MR) is 106 cm³/mol. The number of aromatic nitrogens is 3. The molecule has 1 saturated carbocycles. The summed E-state index contributed by atoms with van der Waals surface area (Å²) in [7, 11) is 0. The molecule has 1 fully saturated rings. The van der Waals surface area contributed by atoms with E-state index >= 15 is 0 Å². The molecule has 0 radical (unpaired) electrons. The first-order valence-electron chi connectivity index (χ1n) is 9.51. The van der Waals surface area contributed by atoms with Crippen molar-refractivity contribution in [1.82, 2.24) is 20.1 Å². The van der Waals surface area contributed by atoms with Gasteiger partial charge in [-0.25, -0.2) is 0 Å².